The number of benzene rings is 1. The monoisotopic (exact) mass is 277 g/mol. The van der Waals surface area contributed by atoms with Crippen molar-refractivity contribution in [2.75, 3.05) is 16.9 Å². The minimum atomic E-state index is -1.58. The molecule has 2 aliphatic rings. The zero-order chi connectivity index (χ0) is 12.6. The molecule has 0 N–H and O–H groups in total. The first-order valence-corrected chi connectivity index (χ1v) is 11.4. The molecule has 1 amide bonds. The third-order valence-corrected chi connectivity index (χ3v) is 11.3. The summed E-state index contributed by atoms with van der Waals surface area (Å²) in [5, 5.41) is 0. The van der Waals surface area contributed by atoms with Gasteiger partial charge in [-0.1, -0.05) is 24.7 Å². The number of carbonyl (C=O) groups excluding carboxylic acids is 1. The maximum absolute atomic E-state index is 12.8. The van der Waals surface area contributed by atoms with E-state index in [-0.39, 0.29) is 0 Å². The van der Waals surface area contributed by atoms with E-state index in [9.17, 15) is 4.79 Å². The minimum absolute atomic E-state index is 0.391. The lowest BCUT2D eigenvalue weighted by molar-refractivity contribution is 0.266. The molecule has 3 rings (SSSR count). The van der Waals surface area contributed by atoms with Crippen LogP contribution >= 0.6 is 7.92 Å². The quantitative estimate of drug-likeness (QED) is 0.547. The van der Waals surface area contributed by atoms with Gasteiger partial charge in [0.2, 0.25) is 5.65 Å². The van der Waals surface area contributed by atoms with Gasteiger partial charge in [0.25, 0.3) is 0 Å². The van der Waals surface area contributed by atoms with Crippen LogP contribution in [0.3, 0.4) is 0 Å². The van der Waals surface area contributed by atoms with E-state index in [1.165, 1.54) is 37.3 Å². The van der Waals surface area contributed by atoms with Gasteiger partial charge >= 0.3 is 0 Å². The summed E-state index contributed by atoms with van der Waals surface area (Å²) in [6.45, 7) is 2.42. The van der Waals surface area contributed by atoms with Crippen molar-refractivity contribution in [2.24, 2.45) is 0 Å². The Bertz CT molecular complexity index is 440. The van der Waals surface area contributed by atoms with Crippen LogP contribution in [-0.4, -0.2) is 26.2 Å². The van der Waals surface area contributed by atoms with Gasteiger partial charge in [0.05, 0.1) is 0 Å². The van der Waals surface area contributed by atoms with E-state index in [1.54, 1.807) is 0 Å². The summed E-state index contributed by atoms with van der Waals surface area (Å²) in [7, 11) is -1.97. The Morgan fingerprint density at radius 3 is 2.33 bits per heavy atom. The molecule has 0 atom stereocenters. The van der Waals surface area contributed by atoms with Crippen LogP contribution in [0.1, 0.15) is 12.8 Å². The molecule has 2 fully saturated rings. The molecule has 1 aromatic rings. The van der Waals surface area contributed by atoms with Crippen LogP contribution in [-0.2, 0) is 0 Å². The molecular formula is C14H20NOPSi. The maximum Gasteiger partial charge on any atom is 0.240 e. The number of anilines is 1. The van der Waals surface area contributed by atoms with E-state index in [0.717, 1.165) is 5.69 Å². The van der Waals surface area contributed by atoms with Gasteiger partial charge in [-0.25, -0.2) is 0 Å². The summed E-state index contributed by atoms with van der Waals surface area (Å²) < 4.78 is 2.28. The van der Waals surface area contributed by atoms with E-state index in [2.05, 4.69) is 35.4 Å². The molecule has 1 aromatic carbocycles. The van der Waals surface area contributed by atoms with Crippen molar-refractivity contribution in [3.8, 4) is 0 Å². The van der Waals surface area contributed by atoms with E-state index < -0.39 is 16.2 Å². The fraction of sp³-hybridized carbons (Fsp3) is 0.500. The molecule has 0 aromatic heterocycles. The summed E-state index contributed by atoms with van der Waals surface area (Å²) in [6, 6.07) is 13.0. The maximum atomic E-state index is 12.8. The van der Waals surface area contributed by atoms with Crippen LogP contribution in [0.25, 0.3) is 0 Å². The van der Waals surface area contributed by atoms with Crippen LogP contribution in [0.2, 0.25) is 18.6 Å². The second kappa shape index (κ2) is 4.79. The number of carbonyl (C=O) groups is 1. The number of rotatable bonds is 1. The number of hydrogen-bond acceptors (Lipinski definition) is 1. The molecule has 2 bridgehead atoms. The number of hydrogen-bond donors (Lipinski definition) is 0. The van der Waals surface area contributed by atoms with Crippen LogP contribution in [0.15, 0.2) is 30.3 Å². The Morgan fingerprint density at radius 2 is 1.72 bits per heavy atom. The highest BCUT2D eigenvalue weighted by molar-refractivity contribution is 7.75. The fourth-order valence-electron chi connectivity index (χ4n) is 3.32. The highest BCUT2D eigenvalue weighted by Crippen LogP contribution is 2.51. The van der Waals surface area contributed by atoms with Gasteiger partial charge in [-0.05, 0) is 57.3 Å². The third-order valence-electron chi connectivity index (χ3n) is 4.30. The number of amides is 1. The second-order valence-electron chi connectivity index (χ2n) is 5.64. The van der Waals surface area contributed by atoms with Crippen molar-refractivity contribution in [2.45, 2.75) is 31.5 Å². The molecule has 0 unspecified atom stereocenters. The zero-order valence-corrected chi connectivity index (χ0v) is 12.8. The third kappa shape index (κ3) is 2.04. The molecule has 2 nitrogen and oxygen atoms in total. The Labute approximate surface area is 111 Å². The Kier molecular flexibility index (Phi) is 3.29. The Balaban J connectivity index is 2.07. The normalized spacial score (nSPS) is 32.2. The molecule has 0 radical (unpaired) electrons. The van der Waals surface area contributed by atoms with Crippen LogP contribution in [0.4, 0.5) is 10.5 Å². The first-order valence-electron chi connectivity index (χ1n) is 6.85. The molecule has 0 spiro atoms. The lowest BCUT2D eigenvalue weighted by atomic mass is 10.3. The van der Waals surface area contributed by atoms with Gasteiger partial charge < -0.3 is 4.57 Å². The first kappa shape index (κ1) is 12.4. The second-order valence-corrected chi connectivity index (χ2v) is 12.4. The summed E-state index contributed by atoms with van der Waals surface area (Å²) in [4.78, 5) is 12.8. The number of nitrogens with zero attached hydrogens (tertiary/aromatic N) is 1. The Hall–Kier alpha value is -0.663. The standard InChI is InChI=1S/C14H20NOPSi/c1-18-11-5-9-17(10-6-12-18)14(16)15(18)13-7-3-2-4-8-13/h2-4,7-8H,5-6,9-12H2,1H3. The Morgan fingerprint density at radius 1 is 1.11 bits per heavy atom. The number of fused-ring (bicyclic) bond motifs is 3. The van der Waals surface area contributed by atoms with Gasteiger partial charge in [-0.15, -0.1) is 0 Å². The van der Waals surface area contributed by atoms with Gasteiger partial charge in [0.15, 0.2) is 8.24 Å². The summed E-state index contributed by atoms with van der Waals surface area (Å²) in [6.07, 6.45) is 4.92. The average Bonchev–Trinajstić information content (AvgIpc) is 2.54. The van der Waals surface area contributed by atoms with Crippen LogP contribution in [0.5, 0.6) is 0 Å². The largest absolute Gasteiger partial charge is 0.337 e. The molecule has 96 valence electrons. The van der Waals surface area contributed by atoms with Crippen molar-refractivity contribution in [1.82, 2.24) is 0 Å². The zero-order valence-electron chi connectivity index (χ0n) is 10.9. The van der Waals surface area contributed by atoms with Gasteiger partial charge in [-0.2, -0.15) is 0 Å². The molecule has 4 heteroatoms. The fourth-order valence-corrected chi connectivity index (χ4v) is 11.0. The van der Waals surface area contributed by atoms with Crippen molar-refractivity contribution >= 4 is 27.5 Å². The molecule has 2 saturated heterocycles. The van der Waals surface area contributed by atoms with Gasteiger partial charge in [0.1, 0.15) is 0 Å². The predicted octanol–water partition coefficient (Wildman–Crippen LogP) is 4.48. The highest BCUT2D eigenvalue weighted by Gasteiger charge is 2.45. The van der Waals surface area contributed by atoms with Gasteiger partial charge in [0, 0.05) is 5.69 Å². The first-order chi connectivity index (χ1) is 8.71. The lowest BCUT2D eigenvalue weighted by Crippen LogP contribution is -2.51. The summed E-state index contributed by atoms with van der Waals surface area (Å²) in [5.74, 6) is 0. The predicted molar refractivity (Wildman–Crippen MR) is 81.4 cm³/mol. The van der Waals surface area contributed by atoms with Gasteiger partial charge in [-0.3, -0.25) is 4.79 Å². The van der Waals surface area contributed by atoms with E-state index in [1.807, 2.05) is 6.07 Å². The van der Waals surface area contributed by atoms with Crippen molar-refractivity contribution in [3.05, 3.63) is 30.3 Å². The lowest BCUT2D eigenvalue weighted by Gasteiger charge is -2.37. The van der Waals surface area contributed by atoms with Crippen molar-refractivity contribution < 1.29 is 4.79 Å². The molecule has 2 aliphatic heterocycles. The van der Waals surface area contributed by atoms with E-state index >= 15 is 0 Å². The molecule has 0 aliphatic carbocycles. The van der Waals surface area contributed by atoms with E-state index in [4.69, 9.17) is 0 Å². The minimum Gasteiger partial charge on any atom is -0.337 e. The van der Waals surface area contributed by atoms with E-state index in [0.29, 0.717) is 5.65 Å². The SMILES string of the molecule is C[Si]12CCCP(CCC1)C(=O)N2c1ccccc1. The van der Waals surface area contributed by atoms with Crippen molar-refractivity contribution in [1.29, 1.82) is 0 Å². The molecule has 18 heavy (non-hydrogen) atoms. The highest BCUT2D eigenvalue weighted by atomic mass is 31.1. The average molecular weight is 277 g/mol. The smallest absolute Gasteiger partial charge is 0.240 e. The van der Waals surface area contributed by atoms with Crippen LogP contribution < -0.4 is 4.57 Å². The summed E-state index contributed by atoms with van der Waals surface area (Å²) in [5.41, 5.74) is 1.65. The number of para-hydroxylation sites is 1. The molecule has 2 heterocycles. The summed E-state index contributed by atoms with van der Waals surface area (Å²) >= 11 is 0. The molecule has 0 saturated carbocycles. The topological polar surface area (TPSA) is 20.3 Å². The van der Waals surface area contributed by atoms with Crippen molar-refractivity contribution in [3.63, 3.8) is 0 Å². The molecular weight excluding hydrogens is 257 g/mol. The van der Waals surface area contributed by atoms with Crippen LogP contribution in [0, 0.1) is 0 Å².